The Kier molecular flexibility index (Phi) is 4.54. The van der Waals surface area contributed by atoms with Gasteiger partial charge in [-0.05, 0) is 28.9 Å². The predicted molar refractivity (Wildman–Crippen MR) is 100 cm³/mol. The minimum Gasteiger partial charge on any atom is -0.506 e. The molecule has 0 spiro atoms. The van der Waals surface area contributed by atoms with E-state index in [1.54, 1.807) is 6.07 Å². The molecule has 0 aliphatic carbocycles. The Hall–Kier alpha value is -3.30. The lowest BCUT2D eigenvalue weighted by atomic mass is 10.0. The molecule has 9 nitrogen and oxygen atoms in total. The summed E-state index contributed by atoms with van der Waals surface area (Å²) in [6.07, 6.45) is 1.55. The van der Waals surface area contributed by atoms with Crippen molar-refractivity contribution < 1.29 is 18.8 Å². The molecular weight excluding hydrogens is 411 g/mol. The molecule has 0 aliphatic rings. The number of rotatable bonds is 4. The van der Waals surface area contributed by atoms with E-state index in [-0.39, 0.29) is 11.6 Å². The first kappa shape index (κ1) is 18.1. The first-order valence-electron chi connectivity index (χ1n) is 7.81. The highest BCUT2D eigenvalue weighted by Crippen LogP contribution is 2.34. The van der Waals surface area contributed by atoms with Gasteiger partial charge in [0, 0.05) is 27.7 Å². The third-order valence-corrected chi connectivity index (χ3v) is 4.64. The van der Waals surface area contributed by atoms with E-state index in [0.717, 1.165) is 5.56 Å². The number of halogens is 2. The molecular formula is C17H10Cl2N4O5. The number of oxazole rings is 1. The molecule has 142 valence electrons. The largest absolute Gasteiger partial charge is 0.506 e. The molecule has 0 radical (unpaired) electrons. The van der Waals surface area contributed by atoms with Gasteiger partial charge in [0.25, 0.3) is 5.91 Å². The van der Waals surface area contributed by atoms with Crippen LogP contribution in [0.15, 0.2) is 44.4 Å². The molecule has 0 saturated carbocycles. The van der Waals surface area contributed by atoms with E-state index in [1.807, 2.05) is 0 Å². The van der Waals surface area contributed by atoms with Crippen molar-refractivity contribution in [3.8, 4) is 5.75 Å². The molecule has 11 heteroatoms. The third-order valence-electron chi connectivity index (χ3n) is 3.97. The van der Waals surface area contributed by atoms with Crippen LogP contribution in [0.5, 0.6) is 5.75 Å². The molecule has 0 aliphatic heterocycles. The van der Waals surface area contributed by atoms with E-state index in [9.17, 15) is 14.7 Å². The first-order valence-corrected chi connectivity index (χ1v) is 8.57. The number of hydrogen-bond donors (Lipinski definition) is 3. The van der Waals surface area contributed by atoms with Gasteiger partial charge in [-0.1, -0.05) is 29.3 Å². The second kappa shape index (κ2) is 7.02. The Morgan fingerprint density at radius 2 is 2.00 bits per heavy atom. The Labute approximate surface area is 165 Å². The minimum atomic E-state index is -0.843. The number of nitrogens with zero attached hydrogens (tertiary/aromatic N) is 2. The summed E-state index contributed by atoms with van der Waals surface area (Å²) < 4.78 is 9.64. The fraction of sp³-hybridized carbons (Fsp3) is 0.0588. The van der Waals surface area contributed by atoms with Gasteiger partial charge in [-0.2, -0.15) is 0 Å². The van der Waals surface area contributed by atoms with Crippen molar-refractivity contribution in [2.24, 2.45) is 0 Å². The zero-order valence-corrected chi connectivity index (χ0v) is 15.3. The second-order valence-electron chi connectivity index (χ2n) is 5.77. The summed E-state index contributed by atoms with van der Waals surface area (Å²) in [4.78, 5) is 29.1. The summed E-state index contributed by atoms with van der Waals surface area (Å²) >= 11 is 12.7. The number of aromatic hydroxyl groups is 1. The molecule has 0 bridgehead atoms. The van der Waals surface area contributed by atoms with Gasteiger partial charge in [-0.15, -0.1) is 0 Å². The van der Waals surface area contributed by atoms with Crippen LogP contribution in [0.1, 0.15) is 21.7 Å². The third kappa shape index (κ3) is 3.32. The van der Waals surface area contributed by atoms with Gasteiger partial charge < -0.3 is 14.8 Å². The molecule has 0 unspecified atom stereocenters. The van der Waals surface area contributed by atoms with Crippen LogP contribution in [0.2, 0.25) is 10.0 Å². The Morgan fingerprint density at radius 1 is 1.25 bits per heavy atom. The van der Waals surface area contributed by atoms with E-state index in [0.29, 0.717) is 38.8 Å². The monoisotopic (exact) mass is 420 g/mol. The van der Waals surface area contributed by atoms with Crippen LogP contribution in [0.25, 0.3) is 11.1 Å². The van der Waals surface area contributed by atoms with Crippen LogP contribution in [-0.2, 0) is 6.42 Å². The number of H-pyrrole nitrogens is 1. The number of aromatic nitrogens is 3. The molecule has 0 fully saturated rings. The summed E-state index contributed by atoms with van der Waals surface area (Å²) in [7, 11) is 0. The maximum absolute atomic E-state index is 12.0. The molecule has 2 aromatic heterocycles. The molecule has 28 heavy (non-hydrogen) atoms. The Morgan fingerprint density at radius 3 is 2.68 bits per heavy atom. The van der Waals surface area contributed by atoms with Crippen LogP contribution < -0.4 is 11.1 Å². The number of carbonyl (C=O) groups is 1. The zero-order valence-electron chi connectivity index (χ0n) is 13.8. The van der Waals surface area contributed by atoms with E-state index in [4.69, 9.17) is 27.6 Å². The highest BCUT2D eigenvalue weighted by atomic mass is 35.5. The first-order chi connectivity index (χ1) is 13.4. The summed E-state index contributed by atoms with van der Waals surface area (Å²) in [6.45, 7) is 0. The quantitative estimate of drug-likeness (QED) is 0.460. The van der Waals surface area contributed by atoms with E-state index < -0.39 is 11.7 Å². The van der Waals surface area contributed by atoms with Gasteiger partial charge in [0.15, 0.2) is 17.5 Å². The number of hydrogen-bond acceptors (Lipinski definition) is 7. The average molecular weight is 421 g/mol. The molecule has 3 N–H and O–H groups in total. The van der Waals surface area contributed by atoms with Gasteiger partial charge in [-0.25, -0.2) is 9.78 Å². The molecule has 4 aromatic rings. The van der Waals surface area contributed by atoms with Crippen molar-refractivity contribution in [2.75, 3.05) is 5.32 Å². The Bertz CT molecular complexity index is 1240. The van der Waals surface area contributed by atoms with Gasteiger partial charge in [-0.3, -0.25) is 14.3 Å². The Balaban J connectivity index is 1.62. The molecule has 0 saturated heterocycles. The van der Waals surface area contributed by atoms with Gasteiger partial charge in [0.2, 0.25) is 5.82 Å². The lowest BCUT2D eigenvalue weighted by Crippen LogP contribution is -2.15. The summed E-state index contributed by atoms with van der Waals surface area (Å²) in [5.74, 6) is -1.80. The highest BCUT2D eigenvalue weighted by Gasteiger charge is 2.17. The number of anilines is 1. The molecule has 4 rings (SSSR count). The van der Waals surface area contributed by atoms with Gasteiger partial charge in [0.1, 0.15) is 5.75 Å². The van der Waals surface area contributed by atoms with Crippen molar-refractivity contribution >= 4 is 45.9 Å². The molecule has 1 amide bonds. The fourth-order valence-corrected chi connectivity index (χ4v) is 3.30. The highest BCUT2D eigenvalue weighted by molar-refractivity contribution is 6.36. The number of fused-ring (bicyclic) bond motifs is 1. The zero-order chi connectivity index (χ0) is 19.8. The standard InChI is InChI=1S/C17H10Cl2N4O5/c18-10-4-8(21-16(25)15-22-17(26)28-23-15)5-11(19)9(10)3-7-1-2-12(24)13-14(7)27-6-20-13/h1-2,4-6,24H,3H2,(H,21,25)(H,22,23,26). The summed E-state index contributed by atoms with van der Waals surface area (Å²) in [6, 6.07) is 6.22. The minimum absolute atomic E-state index is 0.00801. The number of phenolic OH excluding ortho intramolecular Hbond substituents is 1. The van der Waals surface area contributed by atoms with Crippen molar-refractivity contribution in [3.63, 3.8) is 0 Å². The fourth-order valence-electron chi connectivity index (χ4n) is 2.68. The molecule has 2 heterocycles. The topological polar surface area (TPSA) is 134 Å². The van der Waals surface area contributed by atoms with E-state index in [1.165, 1.54) is 24.6 Å². The van der Waals surface area contributed by atoms with E-state index in [2.05, 4.69) is 25.0 Å². The van der Waals surface area contributed by atoms with Crippen LogP contribution in [0, 0.1) is 0 Å². The number of carbonyl (C=O) groups excluding carboxylic acids is 1. The van der Waals surface area contributed by atoms with E-state index >= 15 is 0 Å². The number of phenols is 1. The van der Waals surface area contributed by atoms with Crippen LogP contribution >= 0.6 is 23.2 Å². The average Bonchev–Trinajstić information content (AvgIpc) is 3.29. The lowest BCUT2D eigenvalue weighted by Gasteiger charge is -2.11. The van der Waals surface area contributed by atoms with Crippen molar-refractivity contribution in [1.82, 2.24) is 15.1 Å². The number of benzene rings is 2. The van der Waals surface area contributed by atoms with Crippen LogP contribution in [-0.4, -0.2) is 26.1 Å². The van der Waals surface area contributed by atoms with Gasteiger partial charge >= 0.3 is 5.76 Å². The van der Waals surface area contributed by atoms with Crippen molar-refractivity contribution in [2.45, 2.75) is 6.42 Å². The van der Waals surface area contributed by atoms with Crippen LogP contribution in [0.3, 0.4) is 0 Å². The summed E-state index contributed by atoms with van der Waals surface area (Å²) in [5.41, 5.74) is 2.41. The van der Waals surface area contributed by atoms with Crippen molar-refractivity contribution in [1.29, 1.82) is 0 Å². The number of nitrogens with one attached hydrogen (secondary N) is 2. The predicted octanol–water partition coefficient (Wildman–Crippen LogP) is 3.36. The SMILES string of the molecule is O=C(Nc1cc(Cl)c(Cc2ccc(O)c3ncoc23)c(Cl)c1)c1noc(=O)[nH]1. The molecule has 0 atom stereocenters. The second-order valence-corrected chi connectivity index (χ2v) is 6.58. The smallest absolute Gasteiger partial charge is 0.439 e. The maximum atomic E-state index is 12.0. The summed E-state index contributed by atoms with van der Waals surface area (Å²) in [5, 5.41) is 16.3. The normalized spacial score (nSPS) is 11.1. The maximum Gasteiger partial charge on any atom is 0.439 e. The molecule has 2 aromatic carbocycles. The number of amides is 1. The number of aromatic amines is 1. The van der Waals surface area contributed by atoms with Crippen molar-refractivity contribution in [3.05, 3.63) is 68.2 Å². The lowest BCUT2D eigenvalue weighted by molar-refractivity contribution is 0.101. The van der Waals surface area contributed by atoms with Crippen LogP contribution in [0.4, 0.5) is 5.69 Å². The van der Waals surface area contributed by atoms with Gasteiger partial charge in [0.05, 0.1) is 0 Å².